The van der Waals surface area contributed by atoms with Gasteiger partial charge in [0, 0.05) is 13.1 Å². The smallest absolute Gasteiger partial charge is 0.344 e. The van der Waals surface area contributed by atoms with Crippen LogP contribution < -0.4 is 4.74 Å². The number of amides is 1. The summed E-state index contributed by atoms with van der Waals surface area (Å²) in [4.78, 5) is 24.7. The normalized spacial score (nSPS) is 16.2. The van der Waals surface area contributed by atoms with Gasteiger partial charge in [-0.2, -0.15) is 5.26 Å². The number of carbonyl (C=O) groups is 2. The van der Waals surface area contributed by atoms with Crippen LogP contribution in [0.25, 0.3) is 6.08 Å². The molecule has 1 saturated heterocycles. The number of nitriles is 1. The van der Waals surface area contributed by atoms with Gasteiger partial charge in [0.1, 0.15) is 17.4 Å². The van der Waals surface area contributed by atoms with Crippen LogP contribution in [0.4, 0.5) is 0 Å². The third-order valence-electron chi connectivity index (χ3n) is 3.50. The van der Waals surface area contributed by atoms with E-state index < -0.39 is 12.1 Å². The van der Waals surface area contributed by atoms with E-state index in [2.05, 4.69) is 0 Å². The summed E-state index contributed by atoms with van der Waals surface area (Å²) in [5, 5.41) is 18.0. The maximum Gasteiger partial charge on any atom is 0.344 e. The van der Waals surface area contributed by atoms with Crippen molar-refractivity contribution in [2.24, 2.45) is 0 Å². The first-order valence-corrected chi connectivity index (χ1v) is 7.49. The molecule has 1 aliphatic rings. The van der Waals surface area contributed by atoms with Gasteiger partial charge in [-0.25, -0.2) is 4.79 Å². The predicted octanol–water partition coefficient (Wildman–Crippen LogP) is 1.30. The minimum atomic E-state index is -1.05. The molecule has 2 rings (SSSR count). The first-order chi connectivity index (χ1) is 11.5. The zero-order chi connectivity index (χ0) is 17.5. The van der Waals surface area contributed by atoms with Crippen LogP contribution >= 0.6 is 0 Å². The van der Waals surface area contributed by atoms with Crippen molar-refractivity contribution < 1.29 is 24.2 Å². The summed E-state index contributed by atoms with van der Waals surface area (Å²) < 4.78 is 10.4. The quantitative estimate of drug-likeness (QED) is 0.645. The Labute approximate surface area is 139 Å². The summed E-state index contributed by atoms with van der Waals surface area (Å²) >= 11 is 0. The second-order valence-corrected chi connectivity index (χ2v) is 5.24. The number of aliphatic carboxylic acids is 1. The SMILES string of the molecule is C[C@@H](Oc1ccc(/C=C(\C#N)C(=O)N2CCOCC2)cc1)C(=O)O. The minimum absolute atomic E-state index is 0.0458. The average Bonchev–Trinajstić information content (AvgIpc) is 2.61. The van der Waals surface area contributed by atoms with E-state index in [1.807, 2.05) is 6.07 Å². The molecule has 7 heteroatoms. The van der Waals surface area contributed by atoms with Gasteiger partial charge in [0.2, 0.25) is 0 Å². The molecule has 126 valence electrons. The van der Waals surface area contributed by atoms with E-state index in [4.69, 9.17) is 14.6 Å². The lowest BCUT2D eigenvalue weighted by molar-refractivity contribution is -0.144. The lowest BCUT2D eigenvalue weighted by Gasteiger charge is -2.26. The van der Waals surface area contributed by atoms with Crippen LogP contribution in [-0.4, -0.2) is 54.3 Å². The van der Waals surface area contributed by atoms with Crippen LogP contribution in [0.5, 0.6) is 5.75 Å². The molecule has 1 amide bonds. The molecule has 7 nitrogen and oxygen atoms in total. The fourth-order valence-electron chi connectivity index (χ4n) is 2.14. The lowest BCUT2D eigenvalue weighted by Crippen LogP contribution is -2.41. The molecule has 1 aromatic rings. The highest BCUT2D eigenvalue weighted by Crippen LogP contribution is 2.17. The van der Waals surface area contributed by atoms with Gasteiger partial charge in [-0.05, 0) is 30.7 Å². The van der Waals surface area contributed by atoms with Crippen molar-refractivity contribution in [3.63, 3.8) is 0 Å². The summed E-state index contributed by atoms with van der Waals surface area (Å²) in [6.45, 7) is 3.32. The Balaban J connectivity index is 2.09. The molecule has 1 N–H and O–H groups in total. The molecule has 0 spiro atoms. The zero-order valence-corrected chi connectivity index (χ0v) is 13.3. The van der Waals surface area contributed by atoms with E-state index in [1.54, 1.807) is 29.2 Å². The summed E-state index contributed by atoms with van der Waals surface area (Å²) in [6.07, 6.45) is 0.548. The number of ether oxygens (including phenoxy) is 2. The van der Waals surface area contributed by atoms with Gasteiger partial charge in [-0.15, -0.1) is 0 Å². The zero-order valence-electron chi connectivity index (χ0n) is 13.3. The van der Waals surface area contributed by atoms with Crippen LogP contribution in [-0.2, 0) is 14.3 Å². The molecule has 0 radical (unpaired) electrons. The molecular formula is C17H18N2O5. The predicted molar refractivity (Wildman–Crippen MR) is 85.2 cm³/mol. The van der Waals surface area contributed by atoms with Gasteiger partial charge in [0.25, 0.3) is 5.91 Å². The van der Waals surface area contributed by atoms with Gasteiger partial charge in [0.05, 0.1) is 13.2 Å². The molecule has 1 aromatic carbocycles. The Kier molecular flexibility index (Phi) is 5.93. The number of carboxylic acid groups (broad SMARTS) is 1. The number of hydrogen-bond acceptors (Lipinski definition) is 5. The highest BCUT2D eigenvalue weighted by atomic mass is 16.5. The topological polar surface area (TPSA) is 99.9 Å². The molecule has 0 aromatic heterocycles. The Hall–Kier alpha value is -2.85. The number of hydrogen-bond donors (Lipinski definition) is 1. The fourth-order valence-corrected chi connectivity index (χ4v) is 2.14. The minimum Gasteiger partial charge on any atom is -0.479 e. The number of morpholine rings is 1. The molecule has 1 fully saturated rings. The second-order valence-electron chi connectivity index (χ2n) is 5.24. The Bertz CT molecular complexity index is 669. The summed E-state index contributed by atoms with van der Waals surface area (Å²) in [6, 6.07) is 8.44. The number of carboxylic acids is 1. The van der Waals surface area contributed by atoms with Crippen molar-refractivity contribution in [2.75, 3.05) is 26.3 Å². The highest BCUT2D eigenvalue weighted by molar-refractivity contribution is 6.01. The van der Waals surface area contributed by atoms with E-state index in [1.165, 1.54) is 13.0 Å². The van der Waals surface area contributed by atoms with E-state index in [-0.39, 0.29) is 11.5 Å². The van der Waals surface area contributed by atoms with Crippen LogP contribution in [0.1, 0.15) is 12.5 Å². The molecular weight excluding hydrogens is 312 g/mol. The number of benzene rings is 1. The van der Waals surface area contributed by atoms with Crippen LogP contribution in [0.3, 0.4) is 0 Å². The van der Waals surface area contributed by atoms with Crippen molar-refractivity contribution in [1.82, 2.24) is 4.90 Å². The third kappa shape index (κ3) is 4.57. The summed E-state index contributed by atoms with van der Waals surface area (Å²) in [5.74, 6) is -0.970. The van der Waals surface area contributed by atoms with E-state index in [0.29, 0.717) is 37.6 Å². The third-order valence-corrected chi connectivity index (χ3v) is 3.50. The lowest BCUT2D eigenvalue weighted by atomic mass is 10.1. The van der Waals surface area contributed by atoms with Gasteiger partial charge >= 0.3 is 5.97 Å². The van der Waals surface area contributed by atoms with Crippen molar-refractivity contribution in [2.45, 2.75) is 13.0 Å². The summed E-state index contributed by atoms with van der Waals surface area (Å²) in [5.41, 5.74) is 0.702. The van der Waals surface area contributed by atoms with Crippen LogP contribution in [0, 0.1) is 11.3 Å². The van der Waals surface area contributed by atoms with Crippen molar-refractivity contribution in [1.29, 1.82) is 5.26 Å². The van der Waals surface area contributed by atoms with Crippen LogP contribution in [0.15, 0.2) is 29.8 Å². The standard InChI is InChI=1S/C17H18N2O5/c1-12(17(21)22)24-15-4-2-13(3-5-15)10-14(11-18)16(20)19-6-8-23-9-7-19/h2-5,10,12H,6-9H2,1H3,(H,21,22)/b14-10+/t12-/m1/s1. The van der Waals surface area contributed by atoms with Crippen molar-refractivity contribution in [3.8, 4) is 11.8 Å². The average molecular weight is 330 g/mol. The van der Waals surface area contributed by atoms with Crippen molar-refractivity contribution in [3.05, 3.63) is 35.4 Å². The van der Waals surface area contributed by atoms with E-state index >= 15 is 0 Å². The maximum atomic E-state index is 12.3. The monoisotopic (exact) mass is 330 g/mol. The Morgan fingerprint density at radius 3 is 2.50 bits per heavy atom. The molecule has 1 atom stereocenters. The first kappa shape index (κ1) is 17.5. The molecule has 0 unspecified atom stereocenters. The Morgan fingerprint density at radius 2 is 1.96 bits per heavy atom. The number of rotatable bonds is 5. The summed E-state index contributed by atoms with van der Waals surface area (Å²) in [7, 11) is 0. The van der Waals surface area contributed by atoms with Gasteiger partial charge in [-0.3, -0.25) is 4.79 Å². The number of carbonyl (C=O) groups excluding carboxylic acids is 1. The Morgan fingerprint density at radius 1 is 1.33 bits per heavy atom. The highest BCUT2D eigenvalue weighted by Gasteiger charge is 2.20. The maximum absolute atomic E-state index is 12.3. The van der Waals surface area contributed by atoms with E-state index in [9.17, 15) is 14.9 Å². The van der Waals surface area contributed by atoms with Gasteiger partial charge < -0.3 is 19.5 Å². The second kappa shape index (κ2) is 8.13. The van der Waals surface area contributed by atoms with Gasteiger partial charge in [0.15, 0.2) is 6.10 Å². The van der Waals surface area contributed by atoms with E-state index in [0.717, 1.165) is 0 Å². The first-order valence-electron chi connectivity index (χ1n) is 7.49. The van der Waals surface area contributed by atoms with Crippen LogP contribution in [0.2, 0.25) is 0 Å². The molecule has 0 aliphatic carbocycles. The molecule has 0 bridgehead atoms. The largest absolute Gasteiger partial charge is 0.479 e. The molecule has 0 saturated carbocycles. The number of nitrogens with zero attached hydrogens (tertiary/aromatic N) is 2. The van der Waals surface area contributed by atoms with Gasteiger partial charge in [-0.1, -0.05) is 12.1 Å². The molecule has 1 heterocycles. The molecule has 1 aliphatic heterocycles. The molecule has 24 heavy (non-hydrogen) atoms. The fraction of sp³-hybridized carbons (Fsp3) is 0.353. The van der Waals surface area contributed by atoms with Crippen molar-refractivity contribution >= 4 is 18.0 Å².